The van der Waals surface area contributed by atoms with E-state index in [0.29, 0.717) is 28.5 Å². The molecule has 0 bridgehead atoms. The zero-order valence-corrected chi connectivity index (χ0v) is 21.2. The highest BCUT2D eigenvalue weighted by Crippen LogP contribution is 2.23. The summed E-state index contributed by atoms with van der Waals surface area (Å²) >= 11 is 0. The minimum atomic E-state index is -0.441. The van der Waals surface area contributed by atoms with Crippen LogP contribution in [0.2, 0.25) is 0 Å². The number of rotatable bonds is 8. The van der Waals surface area contributed by atoms with Gasteiger partial charge < -0.3 is 9.30 Å². The van der Waals surface area contributed by atoms with Crippen molar-refractivity contribution in [2.75, 3.05) is 6.61 Å². The first-order valence-corrected chi connectivity index (χ1v) is 12.5. The van der Waals surface area contributed by atoms with Gasteiger partial charge in [0.05, 0.1) is 24.6 Å². The molecule has 0 fully saturated rings. The Hall–Kier alpha value is -4.39. The van der Waals surface area contributed by atoms with E-state index < -0.39 is 5.69 Å². The Balaban J connectivity index is 1.65. The van der Waals surface area contributed by atoms with Crippen LogP contribution in [0.25, 0.3) is 16.9 Å². The Morgan fingerprint density at radius 2 is 1.46 bits per heavy atom. The fraction of sp³-hybridized carbons (Fsp3) is 0.233. The third-order valence-corrected chi connectivity index (χ3v) is 6.70. The second kappa shape index (κ2) is 10.3. The summed E-state index contributed by atoms with van der Waals surface area (Å²) in [4.78, 5) is 32.1. The molecule has 2 aromatic heterocycles. The molecule has 1 unspecified atom stereocenters. The molecule has 0 aliphatic carbocycles. The van der Waals surface area contributed by atoms with Gasteiger partial charge in [0.15, 0.2) is 11.2 Å². The molecule has 0 saturated carbocycles. The molecule has 0 radical (unpaired) electrons. The molecule has 5 aromatic rings. The van der Waals surface area contributed by atoms with E-state index in [2.05, 4.69) is 18.8 Å². The number of para-hydroxylation sites is 1. The zero-order chi connectivity index (χ0) is 25.9. The van der Waals surface area contributed by atoms with Crippen LogP contribution in [0.4, 0.5) is 0 Å². The number of fused-ring (bicyclic) bond motifs is 1. The molecule has 5 rings (SSSR count). The van der Waals surface area contributed by atoms with Crippen LogP contribution < -0.4 is 16.0 Å². The zero-order valence-electron chi connectivity index (χ0n) is 21.2. The molecule has 7 heteroatoms. The topological polar surface area (TPSA) is 71.1 Å². The van der Waals surface area contributed by atoms with E-state index in [1.165, 1.54) is 14.7 Å². The molecule has 0 amide bonds. The third-order valence-electron chi connectivity index (χ3n) is 6.70. The summed E-state index contributed by atoms with van der Waals surface area (Å²) < 4.78 is 10.4. The van der Waals surface area contributed by atoms with Crippen molar-refractivity contribution in [2.24, 2.45) is 0 Å². The largest absolute Gasteiger partial charge is 0.492 e. The molecule has 3 aromatic carbocycles. The van der Waals surface area contributed by atoms with Crippen LogP contribution in [0.5, 0.6) is 5.75 Å². The third kappa shape index (κ3) is 4.72. The van der Waals surface area contributed by atoms with Crippen molar-refractivity contribution < 1.29 is 4.74 Å². The Bertz CT molecular complexity index is 1620. The Kier molecular flexibility index (Phi) is 6.77. The number of ether oxygens (including phenoxy) is 1. The molecule has 0 spiro atoms. The monoisotopic (exact) mass is 494 g/mol. The van der Waals surface area contributed by atoms with Gasteiger partial charge in [-0.2, -0.15) is 0 Å². The molecule has 0 aliphatic heterocycles. The van der Waals surface area contributed by atoms with Crippen LogP contribution in [0.15, 0.2) is 101 Å². The van der Waals surface area contributed by atoms with Crippen molar-refractivity contribution in [3.63, 3.8) is 0 Å². The first-order valence-electron chi connectivity index (χ1n) is 12.5. The Morgan fingerprint density at radius 1 is 0.811 bits per heavy atom. The maximum Gasteiger partial charge on any atom is 0.337 e. The molecule has 1 atom stereocenters. The van der Waals surface area contributed by atoms with Crippen LogP contribution in [-0.4, -0.2) is 25.3 Å². The maximum absolute atomic E-state index is 13.8. The number of nitrogens with zero attached hydrogens (tertiary/aromatic N) is 4. The quantitative estimate of drug-likeness (QED) is 0.299. The Morgan fingerprint density at radius 3 is 2.11 bits per heavy atom. The number of benzene rings is 3. The van der Waals surface area contributed by atoms with Crippen LogP contribution >= 0.6 is 0 Å². The second-order valence-electron chi connectivity index (χ2n) is 9.39. The lowest BCUT2D eigenvalue weighted by Crippen LogP contribution is -2.41. The van der Waals surface area contributed by atoms with Crippen LogP contribution in [0, 0.1) is 0 Å². The highest BCUT2D eigenvalue weighted by molar-refractivity contribution is 5.73. The normalized spacial score (nSPS) is 12.2. The minimum Gasteiger partial charge on any atom is -0.492 e. The van der Waals surface area contributed by atoms with Gasteiger partial charge in [0.25, 0.3) is 5.56 Å². The van der Waals surface area contributed by atoms with Crippen molar-refractivity contribution in [1.82, 2.24) is 18.7 Å². The summed E-state index contributed by atoms with van der Waals surface area (Å²) in [7, 11) is 0. The van der Waals surface area contributed by atoms with Crippen molar-refractivity contribution in [2.45, 2.75) is 39.3 Å². The van der Waals surface area contributed by atoms with Gasteiger partial charge in [0, 0.05) is 0 Å². The minimum absolute atomic E-state index is 0.109. The molecule has 0 aliphatic rings. The van der Waals surface area contributed by atoms with E-state index in [0.717, 1.165) is 5.56 Å². The van der Waals surface area contributed by atoms with Gasteiger partial charge in [-0.05, 0) is 48.2 Å². The first kappa shape index (κ1) is 24.3. The van der Waals surface area contributed by atoms with Crippen LogP contribution in [-0.2, 0) is 6.54 Å². The molecular weight excluding hydrogens is 464 g/mol. The molecular formula is C30H30N4O3. The standard InChI is InChI=1S/C30H30N4O3/c1-21(2)23-14-16-25(17-15-23)34-28-27(33(20-31-28)22(3)24-10-6-4-7-11-24)29(35)32(30(34)36)18-19-37-26-12-8-5-9-13-26/h4-17,20-22H,18-19H2,1-3H3. The molecule has 0 N–H and O–H groups in total. The number of imidazole rings is 1. The fourth-order valence-corrected chi connectivity index (χ4v) is 4.54. The lowest BCUT2D eigenvalue weighted by Gasteiger charge is -2.17. The first-order chi connectivity index (χ1) is 18.0. The van der Waals surface area contributed by atoms with Gasteiger partial charge in [-0.25, -0.2) is 14.3 Å². The predicted octanol–water partition coefficient (Wildman–Crippen LogP) is 5.16. The van der Waals surface area contributed by atoms with Crippen LogP contribution in [0.3, 0.4) is 0 Å². The highest BCUT2D eigenvalue weighted by atomic mass is 16.5. The summed E-state index contributed by atoms with van der Waals surface area (Å²) in [6.07, 6.45) is 1.65. The summed E-state index contributed by atoms with van der Waals surface area (Å²) in [5, 5.41) is 0. The van der Waals surface area contributed by atoms with Gasteiger partial charge >= 0.3 is 5.69 Å². The van der Waals surface area contributed by atoms with Crippen molar-refractivity contribution in [3.8, 4) is 11.4 Å². The van der Waals surface area contributed by atoms with E-state index in [9.17, 15) is 9.59 Å². The fourth-order valence-electron chi connectivity index (χ4n) is 4.54. The number of hydrogen-bond acceptors (Lipinski definition) is 4. The lowest BCUT2D eigenvalue weighted by atomic mass is 10.0. The van der Waals surface area contributed by atoms with E-state index >= 15 is 0 Å². The number of hydrogen-bond donors (Lipinski definition) is 0. The lowest BCUT2D eigenvalue weighted by molar-refractivity contribution is 0.293. The van der Waals surface area contributed by atoms with E-state index in [-0.39, 0.29) is 24.8 Å². The summed E-state index contributed by atoms with van der Waals surface area (Å²) in [6, 6.07) is 27.0. The van der Waals surface area contributed by atoms with Gasteiger partial charge in [-0.1, -0.05) is 74.5 Å². The SMILES string of the molecule is CC(C)c1ccc(-n2c(=O)n(CCOc3ccccc3)c(=O)c3c2ncn3C(C)c2ccccc2)cc1. The Labute approximate surface area is 215 Å². The smallest absolute Gasteiger partial charge is 0.337 e. The van der Waals surface area contributed by atoms with Crippen LogP contribution in [0.1, 0.15) is 43.9 Å². The summed E-state index contributed by atoms with van der Waals surface area (Å²) in [6.45, 7) is 6.56. The van der Waals surface area contributed by atoms with Gasteiger partial charge in [0.1, 0.15) is 12.4 Å². The average molecular weight is 495 g/mol. The molecule has 37 heavy (non-hydrogen) atoms. The molecule has 188 valence electrons. The molecule has 0 saturated heterocycles. The maximum atomic E-state index is 13.8. The van der Waals surface area contributed by atoms with E-state index in [1.807, 2.05) is 96.4 Å². The van der Waals surface area contributed by atoms with E-state index in [1.54, 1.807) is 6.33 Å². The molecule has 7 nitrogen and oxygen atoms in total. The molecule has 2 heterocycles. The second-order valence-corrected chi connectivity index (χ2v) is 9.39. The van der Waals surface area contributed by atoms with Crippen molar-refractivity contribution in [3.05, 3.63) is 123 Å². The highest BCUT2D eigenvalue weighted by Gasteiger charge is 2.22. The number of aromatic nitrogens is 4. The van der Waals surface area contributed by atoms with Crippen molar-refractivity contribution in [1.29, 1.82) is 0 Å². The van der Waals surface area contributed by atoms with Gasteiger partial charge in [-0.3, -0.25) is 9.36 Å². The summed E-state index contributed by atoms with van der Waals surface area (Å²) in [5.74, 6) is 1.05. The van der Waals surface area contributed by atoms with Gasteiger partial charge in [-0.15, -0.1) is 0 Å². The van der Waals surface area contributed by atoms with Crippen molar-refractivity contribution >= 4 is 11.2 Å². The van der Waals surface area contributed by atoms with Gasteiger partial charge in [0.2, 0.25) is 0 Å². The van der Waals surface area contributed by atoms with E-state index in [4.69, 9.17) is 4.74 Å². The summed E-state index contributed by atoms with van der Waals surface area (Å²) in [5.41, 5.74) is 2.77. The average Bonchev–Trinajstić information content (AvgIpc) is 3.36. The predicted molar refractivity (Wildman–Crippen MR) is 146 cm³/mol.